The standard InChI is InChI=1S/C16H18N6O/c1-7-10(6-17-22-7)11-5-12-14(19-11)16(23)21-15(20-12)13-8-2-3-9(4-8)18-13/h5-6,8-9,13,18-19H,2-4H2,1H3,(H,17,22)(H,20,21,23). The fourth-order valence-electron chi connectivity index (χ4n) is 4.12. The van der Waals surface area contributed by atoms with E-state index < -0.39 is 0 Å². The Bertz CT molecular complexity index is 951. The molecule has 3 aromatic heterocycles. The summed E-state index contributed by atoms with van der Waals surface area (Å²) in [6.07, 6.45) is 5.41. The summed E-state index contributed by atoms with van der Waals surface area (Å²) in [7, 11) is 0. The maximum Gasteiger partial charge on any atom is 0.275 e. The van der Waals surface area contributed by atoms with Crippen molar-refractivity contribution in [3.05, 3.63) is 34.1 Å². The average molecular weight is 310 g/mol. The van der Waals surface area contributed by atoms with Gasteiger partial charge >= 0.3 is 0 Å². The van der Waals surface area contributed by atoms with Gasteiger partial charge in [0.15, 0.2) is 0 Å². The molecule has 0 aromatic carbocycles. The van der Waals surface area contributed by atoms with Gasteiger partial charge in [0.25, 0.3) is 5.56 Å². The van der Waals surface area contributed by atoms with Gasteiger partial charge in [0.2, 0.25) is 0 Å². The van der Waals surface area contributed by atoms with Crippen molar-refractivity contribution in [2.75, 3.05) is 0 Å². The molecular formula is C16H18N6O. The molecule has 3 aromatic rings. The summed E-state index contributed by atoms with van der Waals surface area (Å²) in [5, 5.41) is 10.5. The second-order valence-electron chi connectivity index (χ2n) is 6.72. The molecule has 1 aliphatic heterocycles. The van der Waals surface area contributed by atoms with Gasteiger partial charge in [-0.2, -0.15) is 5.10 Å². The Morgan fingerprint density at radius 3 is 2.87 bits per heavy atom. The molecule has 118 valence electrons. The van der Waals surface area contributed by atoms with Gasteiger partial charge in [0, 0.05) is 17.3 Å². The van der Waals surface area contributed by atoms with Crippen LogP contribution in [0.3, 0.4) is 0 Å². The number of aryl methyl sites for hydroxylation is 1. The SMILES string of the molecule is Cc1[nH]ncc1-c1cc2nc(C3NC4CCC3C4)[nH]c(=O)c2[nH]1. The summed E-state index contributed by atoms with van der Waals surface area (Å²) < 4.78 is 0. The zero-order valence-electron chi connectivity index (χ0n) is 12.8. The predicted octanol–water partition coefficient (Wildman–Crippen LogP) is 1.76. The first kappa shape index (κ1) is 13.1. The van der Waals surface area contributed by atoms with E-state index in [1.54, 1.807) is 6.20 Å². The van der Waals surface area contributed by atoms with Gasteiger partial charge in [0.05, 0.1) is 23.4 Å². The first-order chi connectivity index (χ1) is 11.2. The lowest BCUT2D eigenvalue weighted by Gasteiger charge is -2.21. The first-order valence-corrected chi connectivity index (χ1v) is 8.08. The normalized spacial score (nSPS) is 26.4. The van der Waals surface area contributed by atoms with Crippen molar-refractivity contribution in [2.24, 2.45) is 5.92 Å². The van der Waals surface area contributed by atoms with Crippen LogP contribution in [0.25, 0.3) is 22.3 Å². The Labute approximate surface area is 131 Å². The second kappa shape index (κ2) is 4.55. The quantitative estimate of drug-likeness (QED) is 0.579. The summed E-state index contributed by atoms with van der Waals surface area (Å²) >= 11 is 0. The third-order valence-electron chi connectivity index (χ3n) is 5.28. The van der Waals surface area contributed by atoms with Crippen LogP contribution in [0, 0.1) is 12.8 Å². The Hall–Kier alpha value is -2.41. The van der Waals surface area contributed by atoms with E-state index in [0.29, 0.717) is 23.0 Å². The number of nitrogens with zero attached hydrogens (tertiary/aromatic N) is 2. The third-order valence-corrected chi connectivity index (χ3v) is 5.28. The van der Waals surface area contributed by atoms with Crippen LogP contribution in [-0.4, -0.2) is 31.2 Å². The Balaban J connectivity index is 1.62. The molecule has 1 saturated carbocycles. The molecule has 1 aliphatic carbocycles. The molecule has 2 fully saturated rings. The zero-order valence-corrected chi connectivity index (χ0v) is 12.8. The highest BCUT2D eigenvalue weighted by atomic mass is 16.1. The molecule has 1 saturated heterocycles. The highest BCUT2D eigenvalue weighted by molar-refractivity contribution is 5.82. The van der Waals surface area contributed by atoms with Crippen LogP contribution >= 0.6 is 0 Å². The number of piperidine rings is 1. The Morgan fingerprint density at radius 1 is 1.26 bits per heavy atom. The monoisotopic (exact) mass is 310 g/mol. The van der Waals surface area contributed by atoms with Crippen LogP contribution in [-0.2, 0) is 0 Å². The summed E-state index contributed by atoms with van der Waals surface area (Å²) in [5.41, 5.74) is 3.91. The number of hydrogen-bond acceptors (Lipinski definition) is 4. The lowest BCUT2D eigenvalue weighted by Crippen LogP contribution is -2.31. The fourth-order valence-corrected chi connectivity index (χ4v) is 4.12. The van der Waals surface area contributed by atoms with Gasteiger partial charge in [-0.1, -0.05) is 0 Å². The molecule has 23 heavy (non-hydrogen) atoms. The molecule has 7 nitrogen and oxygen atoms in total. The van der Waals surface area contributed by atoms with Crippen molar-refractivity contribution in [3.63, 3.8) is 0 Å². The lowest BCUT2D eigenvalue weighted by molar-refractivity contribution is 0.377. The first-order valence-electron chi connectivity index (χ1n) is 8.08. The van der Waals surface area contributed by atoms with Gasteiger partial charge in [-0.3, -0.25) is 9.89 Å². The number of aromatic amines is 3. The van der Waals surface area contributed by atoms with E-state index in [2.05, 4.69) is 25.5 Å². The van der Waals surface area contributed by atoms with E-state index in [1.807, 2.05) is 13.0 Å². The molecule has 2 bridgehead atoms. The maximum absolute atomic E-state index is 12.5. The Kier molecular flexibility index (Phi) is 2.58. The maximum atomic E-state index is 12.5. The topological polar surface area (TPSA) is 102 Å². The number of fused-ring (bicyclic) bond motifs is 3. The molecule has 0 spiro atoms. The molecule has 4 N–H and O–H groups in total. The number of nitrogens with one attached hydrogen (secondary N) is 4. The minimum Gasteiger partial charge on any atom is -0.349 e. The van der Waals surface area contributed by atoms with Gasteiger partial charge in [0.1, 0.15) is 11.3 Å². The van der Waals surface area contributed by atoms with E-state index in [-0.39, 0.29) is 11.6 Å². The van der Waals surface area contributed by atoms with Crippen LogP contribution in [0.5, 0.6) is 0 Å². The van der Waals surface area contributed by atoms with Crippen LogP contribution in [0.4, 0.5) is 0 Å². The second-order valence-corrected chi connectivity index (χ2v) is 6.72. The number of rotatable bonds is 2. The zero-order chi connectivity index (χ0) is 15.6. The summed E-state index contributed by atoms with van der Waals surface area (Å²) in [6.45, 7) is 1.95. The summed E-state index contributed by atoms with van der Waals surface area (Å²) in [6, 6.07) is 2.69. The molecule has 0 radical (unpaired) electrons. The van der Waals surface area contributed by atoms with Crippen molar-refractivity contribution < 1.29 is 0 Å². The van der Waals surface area contributed by atoms with Crippen LogP contribution < -0.4 is 10.9 Å². The molecule has 5 rings (SSSR count). The molecule has 7 heteroatoms. The highest BCUT2D eigenvalue weighted by Crippen LogP contribution is 2.42. The molecule has 4 heterocycles. The molecule has 3 atom stereocenters. The van der Waals surface area contributed by atoms with Gasteiger partial charge in [-0.25, -0.2) is 4.98 Å². The smallest absolute Gasteiger partial charge is 0.275 e. The van der Waals surface area contributed by atoms with Gasteiger partial charge < -0.3 is 15.3 Å². The minimum atomic E-state index is -0.109. The molecule has 3 unspecified atom stereocenters. The van der Waals surface area contributed by atoms with Crippen molar-refractivity contribution in [2.45, 2.75) is 38.3 Å². The van der Waals surface area contributed by atoms with Crippen molar-refractivity contribution in [1.82, 2.24) is 30.5 Å². The molecular weight excluding hydrogens is 292 g/mol. The number of hydrogen-bond donors (Lipinski definition) is 4. The average Bonchev–Trinajstić information content (AvgIpc) is 3.29. The van der Waals surface area contributed by atoms with E-state index >= 15 is 0 Å². The van der Waals surface area contributed by atoms with Crippen LogP contribution in [0.1, 0.15) is 36.8 Å². The minimum absolute atomic E-state index is 0.109. The predicted molar refractivity (Wildman–Crippen MR) is 86.0 cm³/mol. The third kappa shape index (κ3) is 1.89. The van der Waals surface area contributed by atoms with Crippen molar-refractivity contribution in [1.29, 1.82) is 0 Å². The van der Waals surface area contributed by atoms with Crippen LogP contribution in [0.15, 0.2) is 17.1 Å². The van der Waals surface area contributed by atoms with Crippen molar-refractivity contribution >= 4 is 11.0 Å². The van der Waals surface area contributed by atoms with E-state index in [9.17, 15) is 4.79 Å². The van der Waals surface area contributed by atoms with Crippen molar-refractivity contribution in [3.8, 4) is 11.3 Å². The van der Waals surface area contributed by atoms with E-state index in [0.717, 1.165) is 22.8 Å². The molecule has 2 aliphatic rings. The Morgan fingerprint density at radius 2 is 2.17 bits per heavy atom. The fraction of sp³-hybridized carbons (Fsp3) is 0.438. The highest BCUT2D eigenvalue weighted by Gasteiger charge is 2.41. The van der Waals surface area contributed by atoms with E-state index in [4.69, 9.17) is 4.98 Å². The largest absolute Gasteiger partial charge is 0.349 e. The summed E-state index contributed by atoms with van der Waals surface area (Å²) in [5.74, 6) is 1.36. The number of aromatic nitrogens is 5. The van der Waals surface area contributed by atoms with E-state index in [1.165, 1.54) is 19.3 Å². The number of H-pyrrole nitrogens is 3. The van der Waals surface area contributed by atoms with Crippen LogP contribution in [0.2, 0.25) is 0 Å². The lowest BCUT2D eigenvalue weighted by atomic mass is 9.99. The summed E-state index contributed by atoms with van der Waals surface area (Å²) in [4.78, 5) is 23.3. The van der Waals surface area contributed by atoms with Gasteiger partial charge in [-0.05, 0) is 38.2 Å². The molecule has 0 amide bonds. The van der Waals surface area contributed by atoms with Gasteiger partial charge in [-0.15, -0.1) is 0 Å².